The quantitative estimate of drug-likeness (QED) is 0.848. The van der Waals surface area contributed by atoms with Gasteiger partial charge < -0.3 is 10.0 Å². The van der Waals surface area contributed by atoms with E-state index in [1.165, 1.54) is 10.6 Å². The molecule has 2 aromatic rings. The van der Waals surface area contributed by atoms with Gasteiger partial charge in [0.05, 0.1) is 6.61 Å². The van der Waals surface area contributed by atoms with E-state index in [-0.39, 0.29) is 6.61 Å². The largest absolute Gasteiger partial charge is 0.395 e. The van der Waals surface area contributed by atoms with Crippen molar-refractivity contribution in [3.05, 3.63) is 52.7 Å². The molecule has 0 aliphatic rings. The molecule has 0 amide bonds. The molecule has 2 nitrogen and oxygen atoms in total. The summed E-state index contributed by atoms with van der Waals surface area (Å²) in [5.41, 5.74) is 1.18. The number of aliphatic hydroxyl groups excluding tert-OH is 1. The van der Waals surface area contributed by atoms with Gasteiger partial charge in [0.2, 0.25) is 0 Å². The zero-order chi connectivity index (χ0) is 11.9. The van der Waals surface area contributed by atoms with Gasteiger partial charge in [-0.05, 0) is 30.0 Å². The van der Waals surface area contributed by atoms with Crippen LogP contribution in [0.5, 0.6) is 0 Å². The van der Waals surface area contributed by atoms with Crippen molar-refractivity contribution in [2.75, 3.05) is 24.6 Å². The predicted octanol–water partition coefficient (Wildman–Crippen LogP) is 2.79. The van der Waals surface area contributed by atoms with E-state index >= 15 is 0 Å². The topological polar surface area (TPSA) is 23.5 Å². The molecule has 17 heavy (non-hydrogen) atoms. The van der Waals surface area contributed by atoms with Crippen LogP contribution in [0.3, 0.4) is 0 Å². The fraction of sp³-hybridized carbons (Fsp3) is 0.286. The first-order valence-electron chi connectivity index (χ1n) is 5.83. The normalized spacial score (nSPS) is 10.4. The van der Waals surface area contributed by atoms with Crippen LogP contribution in [0.1, 0.15) is 4.88 Å². The van der Waals surface area contributed by atoms with E-state index in [2.05, 4.69) is 34.5 Å². The average molecular weight is 247 g/mol. The number of anilines is 1. The minimum atomic E-state index is 0.194. The third-order valence-corrected chi connectivity index (χ3v) is 3.64. The van der Waals surface area contributed by atoms with E-state index in [9.17, 15) is 0 Å². The highest BCUT2D eigenvalue weighted by molar-refractivity contribution is 7.09. The van der Waals surface area contributed by atoms with Crippen molar-refractivity contribution in [3.8, 4) is 0 Å². The SMILES string of the molecule is OCCN(CCc1cccs1)c1ccccc1. The molecule has 1 aromatic heterocycles. The minimum absolute atomic E-state index is 0.194. The monoisotopic (exact) mass is 247 g/mol. The van der Waals surface area contributed by atoms with Crippen LogP contribution in [0, 0.1) is 0 Å². The van der Waals surface area contributed by atoms with E-state index in [1.807, 2.05) is 18.2 Å². The van der Waals surface area contributed by atoms with Gasteiger partial charge in [0, 0.05) is 23.7 Å². The van der Waals surface area contributed by atoms with E-state index in [0.717, 1.165) is 13.0 Å². The maximum Gasteiger partial charge on any atom is 0.0606 e. The molecule has 0 atom stereocenters. The highest BCUT2D eigenvalue weighted by Crippen LogP contribution is 2.15. The van der Waals surface area contributed by atoms with Crippen LogP contribution in [-0.2, 0) is 6.42 Å². The van der Waals surface area contributed by atoms with E-state index in [1.54, 1.807) is 11.3 Å². The molecule has 1 heterocycles. The van der Waals surface area contributed by atoms with Crippen molar-refractivity contribution in [2.45, 2.75) is 6.42 Å². The highest BCUT2D eigenvalue weighted by atomic mass is 32.1. The molecule has 2 rings (SSSR count). The van der Waals surface area contributed by atoms with Crippen molar-refractivity contribution in [1.82, 2.24) is 0 Å². The Morgan fingerprint density at radius 1 is 1.00 bits per heavy atom. The lowest BCUT2D eigenvalue weighted by molar-refractivity contribution is 0.302. The van der Waals surface area contributed by atoms with Crippen molar-refractivity contribution < 1.29 is 5.11 Å². The number of rotatable bonds is 6. The summed E-state index contributed by atoms with van der Waals surface area (Å²) >= 11 is 1.79. The van der Waals surface area contributed by atoms with Crippen LogP contribution in [0.4, 0.5) is 5.69 Å². The van der Waals surface area contributed by atoms with Gasteiger partial charge in [0.15, 0.2) is 0 Å². The second kappa shape index (κ2) is 6.42. The molecule has 3 heteroatoms. The molecule has 0 unspecified atom stereocenters. The molecule has 0 fully saturated rings. The Kier molecular flexibility index (Phi) is 4.59. The Morgan fingerprint density at radius 2 is 1.82 bits per heavy atom. The lowest BCUT2D eigenvalue weighted by Gasteiger charge is -2.23. The molecule has 0 spiro atoms. The Labute approximate surface area is 106 Å². The number of hydrogen-bond acceptors (Lipinski definition) is 3. The number of thiophene rings is 1. The lowest BCUT2D eigenvalue weighted by atomic mass is 10.2. The standard InChI is InChI=1S/C14H17NOS/c16-11-10-15(13-5-2-1-3-6-13)9-8-14-7-4-12-17-14/h1-7,12,16H,8-11H2. The Morgan fingerprint density at radius 3 is 2.47 bits per heavy atom. The second-order valence-electron chi connectivity index (χ2n) is 3.88. The van der Waals surface area contributed by atoms with Crippen LogP contribution >= 0.6 is 11.3 Å². The van der Waals surface area contributed by atoms with Crippen LogP contribution < -0.4 is 4.90 Å². The Bertz CT molecular complexity index is 413. The highest BCUT2D eigenvalue weighted by Gasteiger charge is 2.05. The average Bonchev–Trinajstić information content (AvgIpc) is 2.88. The molecule has 1 N–H and O–H groups in total. The molecule has 0 saturated carbocycles. The fourth-order valence-electron chi connectivity index (χ4n) is 1.83. The van der Waals surface area contributed by atoms with Crippen molar-refractivity contribution in [2.24, 2.45) is 0 Å². The summed E-state index contributed by atoms with van der Waals surface area (Å²) in [7, 11) is 0. The molecule has 1 aromatic carbocycles. The smallest absolute Gasteiger partial charge is 0.0606 e. The molecule has 90 valence electrons. The summed E-state index contributed by atoms with van der Waals surface area (Å²) in [6.07, 6.45) is 1.03. The zero-order valence-corrected chi connectivity index (χ0v) is 10.6. The summed E-state index contributed by atoms with van der Waals surface area (Å²) in [6.45, 7) is 1.83. The van der Waals surface area contributed by atoms with Gasteiger partial charge >= 0.3 is 0 Å². The summed E-state index contributed by atoms with van der Waals surface area (Å²) in [5, 5.41) is 11.2. The molecular weight excluding hydrogens is 230 g/mol. The molecular formula is C14H17NOS. The minimum Gasteiger partial charge on any atom is -0.395 e. The molecule has 0 aliphatic carbocycles. The third kappa shape index (κ3) is 3.58. The van der Waals surface area contributed by atoms with Gasteiger partial charge in [-0.3, -0.25) is 0 Å². The van der Waals surface area contributed by atoms with E-state index in [4.69, 9.17) is 5.11 Å². The second-order valence-corrected chi connectivity index (χ2v) is 4.91. The Balaban J connectivity index is 1.98. The summed E-state index contributed by atoms with van der Waals surface area (Å²) < 4.78 is 0. The van der Waals surface area contributed by atoms with Gasteiger partial charge in [-0.25, -0.2) is 0 Å². The van der Waals surface area contributed by atoms with Crippen LogP contribution in [0.2, 0.25) is 0 Å². The van der Waals surface area contributed by atoms with Crippen LogP contribution in [0.15, 0.2) is 47.8 Å². The summed E-state index contributed by atoms with van der Waals surface area (Å²) in [5.74, 6) is 0. The lowest BCUT2D eigenvalue weighted by Crippen LogP contribution is -2.28. The summed E-state index contributed by atoms with van der Waals surface area (Å²) in [4.78, 5) is 3.61. The number of benzene rings is 1. The van der Waals surface area contributed by atoms with Gasteiger partial charge in [-0.1, -0.05) is 24.3 Å². The maximum atomic E-state index is 9.12. The first-order chi connectivity index (χ1) is 8.40. The van der Waals surface area contributed by atoms with E-state index < -0.39 is 0 Å². The first-order valence-corrected chi connectivity index (χ1v) is 6.71. The molecule has 0 aliphatic heterocycles. The predicted molar refractivity (Wildman–Crippen MR) is 73.8 cm³/mol. The van der Waals surface area contributed by atoms with Gasteiger partial charge in [0.25, 0.3) is 0 Å². The number of aliphatic hydroxyl groups is 1. The van der Waals surface area contributed by atoms with Crippen molar-refractivity contribution in [1.29, 1.82) is 0 Å². The molecule has 0 bridgehead atoms. The number of hydrogen-bond donors (Lipinski definition) is 1. The molecule has 0 radical (unpaired) electrons. The molecule has 0 saturated heterocycles. The number of para-hydroxylation sites is 1. The van der Waals surface area contributed by atoms with Gasteiger partial charge in [-0.2, -0.15) is 0 Å². The maximum absolute atomic E-state index is 9.12. The van der Waals surface area contributed by atoms with Crippen LogP contribution in [0.25, 0.3) is 0 Å². The summed E-state index contributed by atoms with van der Waals surface area (Å²) in [6, 6.07) is 14.5. The van der Waals surface area contributed by atoms with Gasteiger partial charge in [0.1, 0.15) is 0 Å². The number of nitrogens with zero attached hydrogens (tertiary/aromatic N) is 1. The first kappa shape index (κ1) is 12.1. The van der Waals surface area contributed by atoms with Gasteiger partial charge in [-0.15, -0.1) is 11.3 Å². The van der Waals surface area contributed by atoms with Crippen molar-refractivity contribution >= 4 is 17.0 Å². The fourth-order valence-corrected chi connectivity index (χ4v) is 2.53. The third-order valence-electron chi connectivity index (χ3n) is 2.70. The van der Waals surface area contributed by atoms with Crippen LogP contribution in [-0.4, -0.2) is 24.8 Å². The Hall–Kier alpha value is -1.32. The zero-order valence-electron chi connectivity index (χ0n) is 9.75. The van der Waals surface area contributed by atoms with Crippen molar-refractivity contribution in [3.63, 3.8) is 0 Å². The van der Waals surface area contributed by atoms with E-state index in [0.29, 0.717) is 6.54 Å².